The summed E-state index contributed by atoms with van der Waals surface area (Å²) in [5.41, 5.74) is 0.926. The number of halogens is 1. The fourth-order valence-corrected chi connectivity index (χ4v) is 3.70. The van der Waals surface area contributed by atoms with Crippen LogP contribution < -0.4 is 0 Å². The molecule has 0 saturated carbocycles. The fraction of sp³-hybridized carbons (Fsp3) is 0.571. The van der Waals surface area contributed by atoms with Crippen molar-refractivity contribution in [1.82, 2.24) is 9.21 Å². The Morgan fingerprint density at radius 3 is 2.30 bits per heavy atom. The standard InChI is InChI=1S/C14H23BrN2O2S/c1-5-8-17(10-9-16(3)4)20(18,19)13-6-7-14(15)12(2)11-13/h6-7,11H,5,8-10H2,1-4H3. The Kier molecular flexibility index (Phi) is 6.64. The lowest BCUT2D eigenvalue weighted by Gasteiger charge is -2.23. The van der Waals surface area contributed by atoms with Crippen molar-refractivity contribution in [3.63, 3.8) is 0 Å². The molecule has 1 aromatic rings. The first-order valence-corrected chi connectivity index (χ1v) is 8.93. The van der Waals surface area contributed by atoms with Gasteiger partial charge in [0.15, 0.2) is 0 Å². The molecule has 0 bridgehead atoms. The topological polar surface area (TPSA) is 40.6 Å². The Labute approximate surface area is 130 Å². The number of rotatable bonds is 7. The van der Waals surface area contributed by atoms with Crippen molar-refractivity contribution in [2.45, 2.75) is 25.2 Å². The molecule has 0 fully saturated rings. The van der Waals surface area contributed by atoms with Crippen molar-refractivity contribution in [2.24, 2.45) is 0 Å². The highest BCUT2D eigenvalue weighted by Crippen LogP contribution is 2.22. The van der Waals surface area contributed by atoms with Gasteiger partial charge >= 0.3 is 0 Å². The van der Waals surface area contributed by atoms with Gasteiger partial charge in [-0.25, -0.2) is 8.42 Å². The van der Waals surface area contributed by atoms with Crippen LogP contribution in [0.2, 0.25) is 0 Å². The van der Waals surface area contributed by atoms with E-state index in [1.54, 1.807) is 22.5 Å². The summed E-state index contributed by atoms with van der Waals surface area (Å²) in [7, 11) is 0.478. The number of aryl methyl sites for hydroxylation is 1. The van der Waals surface area contributed by atoms with Gasteiger partial charge in [0.1, 0.15) is 0 Å². The molecule has 0 unspecified atom stereocenters. The van der Waals surface area contributed by atoms with Crippen LogP contribution in [0, 0.1) is 6.92 Å². The molecule has 0 N–H and O–H groups in total. The molecule has 0 radical (unpaired) electrons. The van der Waals surface area contributed by atoms with Crippen LogP contribution in [-0.2, 0) is 10.0 Å². The van der Waals surface area contributed by atoms with Gasteiger partial charge in [-0.3, -0.25) is 0 Å². The molecular weight excluding hydrogens is 340 g/mol. The van der Waals surface area contributed by atoms with Crippen molar-refractivity contribution < 1.29 is 8.42 Å². The number of nitrogens with zero attached hydrogens (tertiary/aromatic N) is 2. The second-order valence-electron chi connectivity index (χ2n) is 5.12. The van der Waals surface area contributed by atoms with Crippen molar-refractivity contribution in [3.8, 4) is 0 Å². The lowest BCUT2D eigenvalue weighted by Crippen LogP contribution is -2.37. The Balaban J connectivity index is 3.05. The number of benzene rings is 1. The SMILES string of the molecule is CCCN(CCN(C)C)S(=O)(=O)c1ccc(Br)c(C)c1. The second-order valence-corrected chi connectivity index (χ2v) is 7.91. The quantitative estimate of drug-likeness (QED) is 0.748. The van der Waals surface area contributed by atoms with Crippen LogP contribution in [0.1, 0.15) is 18.9 Å². The molecule has 0 amide bonds. The van der Waals surface area contributed by atoms with Gasteiger partial charge in [0.2, 0.25) is 10.0 Å². The Bertz CT molecular complexity index is 544. The van der Waals surface area contributed by atoms with E-state index in [2.05, 4.69) is 15.9 Å². The minimum Gasteiger partial charge on any atom is -0.308 e. The predicted octanol–water partition coefficient (Wildman–Crippen LogP) is 2.72. The molecular formula is C14H23BrN2O2S. The highest BCUT2D eigenvalue weighted by Gasteiger charge is 2.23. The Morgan fingerprint density at radius 2 is 1.80 bits per heavy atom. The summed E-state index contributed by atoms with van der Waals surface area (Å²) in [5, 5.41) is 0. The number of hydrogen-bond acceptors (Lipinski definition) is 3. The van der Waals surface area contributed by atoms with Crippen molar-refractivity contribution in [1.29, 1.82) is 0 Å². The first-order valence-electron chi connectivity index (χ1n) is 6.70. The number of hydrogen-bond donors (Lipinski definition) is 0. The minimum absolute atomic E-state index is 0.366. The third-order valence-corrected chi connectivity index (χ3v) is 5.82. The first-order chi connectivity index (χ1) is 9.28. The van der Waals surface area contributed by atoms with Gasteiger partial charge in [0, 0.05) is 24.1 Å². The Hall–Kier alpha value is -0.430. The van der Waals surface area contributed by atoms with Crippen LogP contribution in [0.25, 0.3) is 0 Å². The predicted molar refractivity (Wildman–Crippen MR) is 86.5 cm³/mol. The number of likely N-dealkylation sites (N-methyl/N-ethyl adjacent to an activating group) is 1. The van der Waals surface area contributed by atoms with Crippen molar-refractivity contribution in [3.05, 3.63) is 28.2 Å². The van der Waals surface area contributed by atoms with E-state index in [-0.39, 0.29) is 0 Å². The third-order valence-electron chi connectivity index (χ3n) is 3.04. The van der Waals surface area contributed by atoms with Gasteiger partial charge in [-0.05, 0) is 51.2 Å². The largest absolute Gasteiger partial charge is 0.308 e. The van der Waals surface area contributed by atoms with Crippen molar-refractivity contribution >= 4 is 26.0 Å². The molecule has 0 atom stereocenters. The smallest absolute Gasteiger partial charge is 0.243 e. The lowest BCUT2D eigenvalue weighted by atomic mass is 10.2. The molecule has 0 heterocycles. The van der Waals surface area contributed by atoms with Gasteiger partial charge in [-0.1, -0.05) is 22.9 Å². The number of sulfonamides is 1. The van der Waals surface area contributed by atoms with E-state index in [0.29, 0.717) is 18.0 Å². The average molecular weight is 363 g/mol. The summed E-state index contributed by atoms with van der Waals surface area (Å²) >= 11 is 3.40. The summed E-state index contributed by atoms with van der Waals surface area (Å²) in [4.78, 5) is 2.36. The van der Waals surface area contributed by atoms with Gasteiger partial charge in [0.05, 0.1) is 4.90 Å². The van der Waals surface area contributed by atoms with E-state index in [0.717, 1.165) is 23.0 Å². The normalized spacial score (nSPS) is 12.3. The van der Waals surface area contributed by atoms with Gasteiger partial charge < -0.3 is 4.90 Å². The summed E-state index contributed by atoms with van der Waals surface area (Å²) in [6.07, 6.45) is 0.808. The minimum atomic E-state index is -3.41. The maximum absolute atomic E-state index is 12.7. The fourth-order valence-electron chi connectivity index (χ4n) is 1.84. The highest BCUT2D eigenvalue weighted by atomic mass is 79.9. The van der Waals surface area contributed by atoms with Crippen LogP contribution in [-0.4, -0.2) is 51.4 Å². The molecule has 114 valence electrons. The maximum Gasteiger partial charge on any atom is 0.243 e. The highest BCUT2D eigenvalue weighted by molar-refractivity contribution is 9.10. The molecule has 0 aliphatic heterocycles. The monoisotopic (exact) mass is 362 g/mol. The van der Waals surface area contributed by atoms with Crippen LogP contribution >= 0.6 is 15.9 Å². The zero-order valence-corrected chi connectivity index (χ0v) is 15.0. The summed E-state index contributed by atoms with van der Waals surface area (Å²) < 4.78 is 27.9. The molecule has 1 rings (SSSR count). The van der Waals surface area contributed by atoms with E-state index in [1.165, 1.54) is 0 Å². The molecule has 0 aliphatic carbocycles. The van der Waals surface area contributed by atoms with Gasteiger partial charge in [0.25, 0.3) is 0 Å². The van der Waals surface area contributed by atoms with E-state index in [4.69, 9.17) is 0 Å². The molecule has 4 nitrogen and oxygen atoms in total. The average Bonchev–Trinajstić information content (AvgIpc) is 2.37. The zero-order valence-electron chi connectivity index (χ0n) is 12.6. The zero-order chi connectivity index (χ0) is 15.3. The van der Waals surface area contributed by atoms with E-state index >= 15 is 0 Å². The lowest BCUT2D eigenvalue weighted by molar-refractivity contribution is 0.333. The van der Waals surface area contributed by atoms with Crippen molar-refractivity contribution in [2.75, 3.05) is 33.7 Å². The maximum atomic E-state index is 12.7. The molecule has 0 spiro atoms. The van der Waals surface area contributed by atoms with Crippen LogP contribution in [0.3, 0.4) is 0 Å². The van der Waals surface area contributed by atoms with E-state index in [1.807, 2.05) is 32.8 Å². The summed E-state index contributed by atoms with van der Waals surface area (Å²) in [5.74, 6) is 0. The van der Waals surface area contributed by atoms with Gasteiger partial charge in [-0.2, -0.15) is 4.31 Å². The summed E-state index contributed by atoms with van der Waals surface area (Å²) in [6, 6.07) is 5.17. The summed E-state index contributed by atoms with van der Waals surface area (Å²) in [6.45, 7) is 5.66. The van der Waals surface area contributed by atoms with E-state index in [9.17, 15) is 8.42 Å². The molecule has 20 heavy (non-hydrogen) atoms. The van der Waals surface area contributed by atoms with Crippen LogP contribution in [0.4, 0.5) is 0 Å². The third kappa shape index (κ3) is 4.55. The molecule has 0 saturated heterocycles. The second kappa shape index (κ2) is 7.54. The molecule has 0 aliphatic rings. The molecule has 0 aromatic heterocycles. The first kappa shape index (κ1) is 17.6. The molecule has 6 heteroatoms. The van der Waals surface area contributed by atoms with Crippen LogP contribution in [0.5, 0.6) is 0 Å². The molecule has 1 aromatic carbocycles. The van der Waals surface area contributed by atoms with Crippen LogP contribution in [0.15, 0.2) is 27.6 Å². The Morgan fingerprint density at radius 1 is 1.15 bits per heavy atom. The van der Waals surface area contributed by atoms with E-state index < -0.39 is 10.0 Å². The van der Waals surface area contributed by atoms with Gasteiger partial charge in [-0.15, -0.1) is 0 Å².